The first kappa shape index (κ1) is 15.0. The van der Waals surface area contributed by atoms with Crippen molar-refractivity contribution in [1.29, 1.82) is 0 Å². The Morgan fingerprint density at radius 1 is 1.16 bits per heavy atom. The summed E-state index contributed by atoms with van der Waals surface area (Å²) >= 11 is 0. The number of carboxylic acids is 1. The molecule has 1 aromatic rings. The van der Waals surface area contributed by atoms with Crippen LogP contribution in [0.3, 0.4) is 0 Å². The van der Waals surface area contributed by atoms with Crippen molar-refractivity contribution in [2.24, 2.45) is 11.3 Å². The Kier molecular flexibility index (Phi) is 4.19. The Balaban J connectivity index is 3.04. The molecule has 0 spiro atoms. The Labute approximate surface area is 112 Å². The fraction of sp³-hybridized carbons (Fsp3) is 0.429. The lowest BCUT2D eigenvalue weighted by Crippen LogP contribution is -2.43. The molecule has 0 aliphatic rings. The van der Waals surface area contributed by atoms with E-state index in [0.29, 0.717) is 5.69 Å². The standard InChI is InChI=1S/C14H19NO4/c1-14(2,3)11(13(18)19)12(17)15(4)9-5-7-10(16)8-6-9/h5-8,11,16H,1-4H3,(H,18,19). The Hall–Kier alpha value is -2.04. The zero-order chi connectivity index (χ0) is 14.8. The number of aromatic hydroxyl groups is 1. The molecule has 1 rings (SSSR count). The largest absolute Gasteiger partial charge is 0.508 e. The molecular weight excluding hydrogens is 246 g/mol. The van der Waals surface area contributed by atoms with E-state index in [1.165, 1.54) is 24.1 Å². The van der Waals surface area contributed by atoms with Crippen molar-refractivity contribution in [3.63, 3.8) is 0 Å². The minimum absolute atomic E-state index is 0.0928. The van der Waals surface area contributed by atoms with Crippen molar-refractivity contribution in [3.8, 4) is 5.75 Å². The second kappa shape index (κ2) is 5.30. The first-order chi connectivity index (χ1) is 8.64. The third-order valence-corrected chi connectivity index (χ3v) is 2.93. The molecule has 0 heterocycles. The van der Waals surface area contributed by atoms with Gasteiger partial charge in [0.15, 0.2) is 0 Å². The zero-order valence-corrected chi connectivity index (χ0v) is 11.5. The molecule has 0 bridgehead atoms. The van der Waals surface area contributed by atoms with E-state index in [9.17, 15) is 19.8 Å². The highest BCUT2D eigenvalue weighted by atomic mass is 16.4. The molecule has 1 atom stereocenters. The lowest BCUT2D eigenvalue weighted by molar-refractivity contribution is -0.150. The van der Waals surface area contributed by atoms with Gasteiger partial charge in [-0.2, -0.15) is 0 Å². The number of benzene rings is 1. The van der Waals surface area contributed by atoms with Crippen molar-refractivity contribution in [2.45, 2.75) is 20.8 Å². The van der Waals surface area contributed by atoms with Gasteiger partial charge < -0.3 is 15.1 Å². The molecule has 1 amide bonds. The Morgan fingerprint density at radius 3 is 2.00 bits per heavy atom. The number of hydrogen-bond donors (Lipinski definition) is 2. The average Bonchev–Trinajstić information content (AvgIpc) is 2.26. The summed E-state index contributed by atoms with van der Waals surface area (Å²) in [5, 5.41) is 18.4. The molecule has 2 N–H and O–H groups in total. The maximum Gasteiger partial charge on any atom is 0.316 e. The smallest absolute Gasteiger partial charge is 0.316 e. The number of nitrogens with zero attached hydrogens (tertiary/aromatic N) is 1. The summed E-state index contributed by atoms with van der Waals surface area (Å²) in [7, 11) is 1.52. The van der Waals surface area contributed by atoms with Gasteiger partial charge in [0, 0.05) is 12.7 Å². The maximum absolute atomic E-state index is 12.3. The minimum Gasteiger partial charge on any atom is -0.508 e. The van der Waals surface area contributed by atoms with Gasteiger partial charge in [-0.05, 0) is 29.7 Å². The van der Waals surface area contributed by atoms with E-state index >= 15 is 0 Å². The topological polar surface area (TPSA) is 77.8 Å². The Bertz CT molecular complexity index is 473. The Morgan fingerprint density at radius 2 is 1.63 bits per heavy atom. The number of hydrogen-bond acceptors (Lipinski definition) is 3. The predicted octanol–water partition coefficient (Wildman–Crippen LogP) is 2.10. The van der Waals surface area contributed by atoms with E-state index < -0.39 is 23.2 Å². The molecule has 0 saturated heterocycles. The number of phenols is 1. The fourth-order valence-electron chi connectivity index (χ4n) is 1.84. The first-order valence-electron chi connectivity index (χ1n) is 5.94. The number of carboxylic acid groups (broad SMARTS) is 1. The second-order valence-corrected chi connectivity index (χ2v) is 5.55. The number of phenolic OH excluding ortho intramolecular Hbond substituents is 1. The van der Waals surface area contributed by atoms with E-state index in [1.807, 2.05) is 0 Å². The van der Waals surface area contributed by atoms with Crippen LogP contribution in [-0.4, -0.2) is 29.1 Å². The molecule has 5 nitrogen and oxygen atoms in total. The van der Waals surface area contributed by atoms with Gasteiger partial charge in [0.1, 0.15) is 11.7 Å². The summed E-state index contributed by atoms with van der Waals surface area (Å²) in [4.78, 5) is 24.9. The molecule has 0 radical (unpaired) electrons. The number of carbonyl (C=O) groups is 2. The SMILES string of the molecule is CN(C(=O)C(C(=O)O)C(C)(C)C)c1ccc(O)cc1. The minimum atomic E-state index is -1.14. The van der Waals surface area contributed by atoms with Crippen LogP contribution < -0.4 is 4.90 Å². The summed E-state index contributed by atoms with van der Waals surface area (Å²) in [6.45, 7) is 5.15. The highest BCUT2D eigenvalue weighted by Crippen LogP contribution is 2.29. The van der Waals surface area contributed by atoms with Crippen molar-refractivity contribution in [1.82, 2.24) is 0 Å². The van der Waals surface area contributed by atoms with Crippen LogP contribution in [0.2, 0.25) is 0 Å². The van der Waals surface area contributed by atoms with E-state index in [-0.39, 0.29) is 5.75 Å². The molecule has 0 fully saturated rings. The van der Waals surface area contributed by atoms with Crippen LogP contribution in [-0.2, 0) is 9.59 Å². The normalized spacial score (nSPS) is 12.8. The van der Waals surface area contributed by atoms with Gasteiger partial charge in [0.2, 0.25) is 5.91 Å². The highest BCUT2D eigenvalue weighted by molar-refractivity contribution is 6.06. The quantitative estimate of drug-likeness (QED) is 0.820. The van der Waals surface area contributed by atoms with Gasteiger partial charge in [0.05, 0.1) is 0 Å². The highest BCUT2D eigenvalue weighted by Gasteiger charge is 2.39. The van der Waals surface area contributed by atoms with Gasteiger partial charge in [0.25, 0.3) is 0 Å². The molecule has 0 aromatic heterocycles. The lowest BCUT2D eigenvalue weighted by Gasteiger charge is -2.30. The van der Waals surface area contributed by atoms with Crippen LogP contribution in [0.4, 0.5) is 5.69 Å². The van der Waals surface area contributed by atoms with E-state index in [4.69, 9.17) is 0 Å². The van der Waals surface area contributed by atoms with Crippen LogP contribution in [0, 0.1) is 11.3 Å². The number of rotatable bonds is 3. The molecule has 5 heteroatoms. The van der Waals surface area contributed by atoms with Gasteiger partial charge in [-0.25, -0.2) is 0 Å². The molecule has 1 unspecified atom stereocenters. The van der Waals surface area contributed by atoms with Gasteiger partial charge in [-0.3, -0.25) is 9.59 Å². The van der Waals surface area contributed by atoms with Crippen LogP contribution in [0.25, 0.3) is 0 Å². The molecule has 104 valence electrons. The molecular formula is C14H19NO4. The van der Waals surface area contributed by atoms with Gasteiger partial charge in [-0.15, -0.1) is 0 Å². The third-order valence-electron chi connectivity index (χ3n) is 2.93. The lowest BCUT2D eigenvalue weighted by atomic mass is 9.80. The summed E-state index contributed by atoms with van der Waals surface area (Å²) in [5.41, 5.74) is -0.132. The van der Waals surface area contributed by atoms with Crippen LogP contribution >= 0.6 is 0 Å². The van der Waals surface area contributed by atoms with Crippen LogP contribution in [0.5, 0.6) is 5.75 Å². The molecule has 1 aromatic carbocycles. The second-order valence-electron chi connectivity index (χ2n) is 5.55. The third kappa shape index (κ3) is 3.47. The number of amides is 1. The van der Waals surface area contributed by atoms with Crippen molar-refractivity contribution in [2.75, 3.05) is 11.9 Å². The van der Waals surface area contributed by atoms with Crippen LogP contribution in [0.1, 0.15) is 20.8 Å². The van der Waals surface area contributed by atoms with Crippen molar-refractivity contribution < 1.29 is 19.8 Å². The monoisotopic (exact) mass is 265 g/mol. The average molecular weight is 265 g/mol. The van der Waals surface area contributed by atoms with Crippen molar-refractivity contribution in [3.05, 3.63) is 24.3 Å². The van der Waals surface area contributed by atoms with Crippen molar-refractivity contribution >= 4 is 17.6 Å². The van der Waals surface area contributed by atoms with E-state index in [2.05, 4.69) is 0 Å². The summed E-state index contributed by atoms with van der Waals surface area (Å²) in [6, 6.07) is 6.03. The van der Waals surface area contributed by atoms with Gasteiger partial charge >= 0.3 is 5.97 Å². The summed E-state index contributed by atoms with van der Waals surface area (Å²) < 4.78 is 0. The summed E-state index contributed by atoms with van der Waals surface area (Å²) in [5.74, 6) is -2.64. The molecule has 0 saturated carbocycles. The molecule has 19 heavy (non-hydrogen) atoms. The van der Waals surface area contributed by atoms with Gasteiger partial charge in [-0.1, -0.05) is 20.8 Å². The molecule has 0 aliphatic heterocycles. The van der Waals surface area contributed by atoms with E-state index in [1.54, 1.807) is 32.9 Å². The van der Waals surface area contributed by atoms with E-state index in [0.717, 1.165) is 0 Å². The maximum atomic E-state index is 12.3. The number of aliphatic carboxylic acids is 1. The number of anilines is 1. The predicted molar refractivity (Wildman–Crippen MR) is 72.1 cm³/mol. The first-order valence-corrected chi connectivity index (χ1v) is 5.94. The number of carbonyl (C=O) groups excluding carboxylic acids is 1. The fourth-order valence-corrected chi connectivity index (χ4v) is 1.84. The van der Waals surface area contributed by atoms with Crippen LogP contribution in [0.15, 0.2) is 24.3 Å². The summed E-state index contributed by atoms with van der Waals surface area (Å²) in [6.07, 6.45) is 0. The zero-order valence-electron chi connectivity index (χ0n) is 11.5. The molecule has 0 aliphatic carbocycles.